The maximum atomic E-state index is 10.6. The minimum Gasteiger partial charge on any atom is -0.478 e. The monoisotopic (exact) mass is 342 g/mol. The minimum absolute atomic E-state index is 0.830. The van der Waals surface area contributed by atoms with Gasteiger partial charge in [0, 0.05) is 6.08 Å². The Kier molecular flexibility index (Phi) is 8.79. The van der Waals surface area contributed by atoms with Gasteiger partial charge in [-0.3, -0.25) is 0 Å². The molecule has 1 fully saturated rings. The van der Waals surface area contributed by atoms with Crippen molar-refractivity contribution in [3.8, 4) is 0 Å². The summed E-state index contributed by atoms with van der Waals surface area (Å²) in [6.45, 7) is 2.28. The van der Waals surface area contributed by atoms with Crippen LogP contribution in [0, 0.1) is 11.8 Å². The van der Waals surface area contributed by atoms with Crippen LogP contribution in [0.15, 0.2) is 30.3 Å². The van der Waals surface area contributed by atoms with E-state index in [2.05, 4.69) is 19.1 Å². The van der Waals surface area contributed by atoms with Gasteiger partial charge in [0.25, 0.3) is 0 Å². The van der Waals surface area contributed by atoms with Crippen LogP contribution in [0.1, 0.15) is 82.3 Å². The third-order valence-electron chi connectivity index (χ3n) is 5.60. The van der Waals surface area contributed by atoms with Gasteiger partial charge in [0.2, 0.25) is 0 Å². The molecular formula is C23H34O2. The van der Waals surface area contributed by atoms with E-state index in [4.69, 9.17) is 5.11 Å². The van der Waals surface area contributed by atoms with E-state index in [1.54, 1.807) is 6.08 Å². The van der Waals surface area contributed by atoms with Gasteiger partial charge >= 0.3 is 5.97 Å². The number of unbranched alkanes of at least 4 members (excludes halogenated alkanes) is 4. The van der Waals surface area contributed by atoms with Crippen molar-refractivity contribution in [3.63, 3.8) is 0 Å². The molecular weight excluding hydrogens is 308 g/mol. The molecule has 0 atom stereocenters. The molecule has 0 heterocycles. The van der Waals surface area contributed by atoms with Crippen LogP contribution in [0.25, 0.3) is 6.08 Å². The quantitative estimate of drug-likeness (QED) is 0.389. The fraction of sp³-hybridized carbons (Fsp3) is 0.609. The molecule has 0 spiro atoms. The number of carbonyl (C=O) groups is 1. The number of rotatable bonds is 10. The Bertz CT molecular complexity index is 522. The first kappa shape index (κ1) is 19.8. The third-order valence-corrected chi connectivity index (χ3v) is 5.60. The highest BCUT2D eigenvalue weighted by atomic mass is 16.4. The summed E-state index contributed by atoms with van der Waals surface area (Å²) < 4.78 is 0. The van der Waals surface area contributed by atoms with Crippen LogP contribution in [-0.4, -0.2) is 11.1 Å². The zero-order valence-corrected chi connectivity index (χ0v) is 15.8. The third kappa shape index (κ3) is 7.90. The number of hydrogen-bond acceptors (Lipinski definition) is 1. The average Bonchev–Trinajstić information content (AvgIpc) is 2.62. The molecule has 138 valence electrons. The zero-order valence-electron chi connectivity index (χ0n) is 15.8. The van der Waals surface area contributed by atoms with Gasteiger partial charge in [-0.15, -0.1) is 0 Å². The van der Waals surface area contributed by atoms with Crippen molar-refractivity contribution in [1.82, 2.24) is 0 Å². The molecule has 0 amide bonds. The standard InChI is InChI=1S/C23H34O2/c1-2-3-4-5-6-7-19-8-12-21(13-9-19)18-22-14-10-20(11-15-22)16-17-23(24)25/h10-11,14-17,19,21H,2-9,12-13,18H2,1H3,(H,24,25). The van der Waals surface area contributed by atoms with Crippen molar-refractivity contribution in [2.45, 2.75) is 77.6 Å². The maximum Gasteiger partial charge on any atom is 0.328 e. The van der Waals surface area contributed by atoms with E-state index >= 15 is 0 Å². The van der Waals surface area contributed by atoms with E-state index in [1.165, 1.54) is 82.3 Å². The molecule has 0 aromatic heterocycles. The normalized spacial score (nSPS) is 20.8. The van der Waals surface area contributed by atoms with Crippen LogP contribution in [0.2, 0.25) is 0 Å². The molecule has 0 unspecified atom stereocenters. The van der Waals surface area contributed by atoms with Crippen molar-refractivity contribution in [2.75, 3.05) is 0 Å². The fourth-order valence-electron chi connectivity index (χ4n) is 4.03. The summed E-state index contributed by atoms with van der Waals surface area (Å²) in [7, 11) is 0. The highest BCUT2D eigenvalue weighted by molar-refractivity contribution is 5.85. The van der Waals surface area contributed by atoms with Crippen LogP contribution in [-0.2, 0) is 11.2 Å². The first-order chi connectivity index (χ1) is 12.2. The topological polar surface area (TPSA) is 37.3 Å². The first-order valence-electron chi connectivity index (χ1n) is 10.2. The number of benzene rings is 1. The van der Waals surface area contributed by atoms with Gasteiger partial charge in [-0.05, 0) is 48.3 Å². The lowest BCUT2D eigenvalue weighted by Crippen LogP contribution is -2.16. The summed E-state index contributed by atoms with van der Waals surface area (Å²) in [5, 5.41) is 8.67. The summed E-state index contributed by atoms with van der Waals surface area (Å²) >= 11 is 0. The number of carboxylic acids is 1. The van der Waals surface area contributed by atoms with E-state index in [9.17, 15) is 4.79 Å². The summed E-state index contributed by atoms with van der Waals surface area (Å²) in [6, 6.07) is 8.36. The molecule has 0 bridgehead atoms. The Morgan fingerprint density at radius 3 is 2.28 bits per heavy atom. The SMILES string of the molecule is CCCCCCCC1CCC(Cc2ccc(C=CC(=O)O)cc2)CC1. The predicted molar refractivity (Wildman–Crippen MR) is 106 cm³/mol. The molecule has 1 aromatic rings. The van der Waals surface area contributed by atoms with Gasteiger partial charge < -0.3 is 5.11 Å². The molecule has 2 heteroatoms. The second-order valence-corrected chi connectivity index (χ2v) is 7.71. The first-order valence-corrected chi connectivity index (χ1v) is 10.2. The molecule has 1 N–H and O–H groups in total. The Morgan fingerprint density at radius 2 is 1.64 bits per heavy atom. The average molecular weight is 343 g/mol. The van der Waals surface area contributed by atoms with Crippen molar-refractivity contribution in [2.24, 2.45) is 11.8 Å². The summed E-state index contributed by atoms with van der Waals surface area (Å²) in [6.07, 6.45) is 18.1. The predicted octanol–water partition coefficient (Wildman–Crippen LogP) is 6.49. The van der Waals surface area contributed by atoms with E-state index < -0.39 is 5.97 Å². The largest absolute Gasteiger partial charge is 0.478 e. The van der Waals surface area contributed by atoms with Gasteiger partial charge in [0.1, 0.15) is 0 Å². The van der Waals surface area contributed by atoms with Crippen LogP contribution in [0.4, 0.5) is 0 Å². The highest BCUT2D eigenvalue weighted by Crippen LogP contribution is 2.33. The fourth-order valence-corrected chi connectivity index (χ4v) is 4.03. The molecule has 2 nitrogen and oxygen atoms in total. The molecule has 1 aliphatic carbocycles. The van der Waals surface area contributed by atoms with Gasteiger partial charge in [0.05, 0.1) is 0 Å². The Balaban J connectivity index is 1.67. The lowest BCUT2D eigenvalue weighted by Gasteiger charge is -2.28. The molecule has 0 aliphatic heterocycles. The summed E-state index contributed by atoms with van der Waals surface area (Å²) in [4.78, 5) is 10.6. The molecule has 0 radical (unpaired) electrons. The molecule has 1 aromatic carbocycles. The number of carboxylic acid groups (broad SMARTS) is 1. The van der Waals surface area contributed by atoms with E-state index in [-0.39, 0.29) is 0 Å². The maximum absolute atomic E-state index is 10.6. The van der Waals surface area contributed by atoms with Crippen molar-refractivity contribution >= 4 is 12.0 Å². The van der Waals surface area contributed by atoms with Crippen molar-refractivity contribution < 1.29 is 9.90 Å². The van der Waals surface area contributed by atoms with E-state index in [1.807, 2.05) is 12.1 Å². The van der Waals surface area contributed by atoms with Crippen LogP contribution in [0.3, 0.4) is 0 Å². The Labute approximate surface area is 153 Å². The van der Waals surface area contributed by atoms with Gasteiger partial charge in [-0.2, -0.15) is 0 Å². The van der Waals surface area contributed by atoms with Gasteiger partial charge in [-0.25, -0.2) is 4.79 Å². The molecule has 25 heavy (non-hydrogen) atoms. The minimum atomic E-state index is -0.897. The van der Waals surface area contributed by atoms with Gasteiger partial charge in [0.15, 0.2) is 0 Å². The summed E-state index contributed by atoms with van der Waals surface area (Å²) in [5.74, 6) is 0.907. The lowest BCUT2D eigenvalue weighted by molar-refractivity contribution is -0.131. The highest BCUT2D eigenvalue weighted by Gasteiger charge is 2.20. The number of aliphatic carboxylic acids is 1. The van der Waals surface area contributed by atoms with Crippen LogP contribution >= 0.6 is 0 Å². The van der Waals surface area contributed by atoms with E-state index in [0.717, 1.165) is 17.4 Å². The Morgan fingerprint density at radius 1 is 1.00 bits per heavy atom. The molecule has 1 saturated carbocycles. The van der Waals surface area contributed by atoms with Crippen LogP contribution in [0.5, 0.6) is 0 Å². The number of hydrogen-bond donors (Lipinski definition) is 1. The van der Waals surface area contributed by atoms with Crippen molar-refractivity contribution in [1.29, 1.82) is 0 Å². The Hall–Kier alpha value is -1.57. The van der Waals surface area contributed by atoms with Crippen LogP contribution < -0.4 is 0 Å². The second-order valence-electron chi connectivity index (χ2n) is 7.71. The smallest absolute Gasteiger partial charge is 0.328 e. The second kappa shape index (κ2) is 11.1. The zero-order chi connectivity index (χ0) is 17.9. The van der Waals surface area contributed by atoms with E-state index in [0.29, 0.717) is 0 Å². The molecule has 1 aliphatic rings. The molecule has 2 rings (SSSR count). The molecule has 0 saturated heterocycles. The van der Waals surface area contributed by atoms with Crippen molar-refractivity contribution in [3.05, 3.63) is 41.5 Å². The lowest BCUT2D eigenvalue weighted by atomic mass is 9.77. The summed E-state index contributed by atoms with van der Waals surface area (Å²) in [5.41, 5.74) is 2.34. The van der Waals surface area contributed by atoms with Gasteiger partial charge in [-0.1, -0.05) is 82.6 Å².